The number of sulfone groups is 1. The number of hydrogen-bond acceptors (Lipinski definition) is 10. The number of rotatable bonds is 15. The number of urea groups is 1. The van der Waals surface area contributed by atoms with Gasteiger partial charge in [-0.1, -0.05) is 29.3 Å². The highest BCUT2D eigenvalue weighted by Crippen LogP contribution is 2.48. The Labute approximate surface area is 283 Å². The average Bonchev–Trinajstić information content (AvgIpc) is 3.57. The standard InChI is InChI=1S/C33H41BrN2O10S/c1-6-7-14-36(38)33(37)35-25-17-21(26-12-13-27(46-26)22-19-29(42-3)32(44-5)30(20-22)43-4)18-28(41-2)31(25)45-15-16-47(39,40)24-10-8-23(34)9-11-24/h8-11,17-20,26-27,38H,6-7,12-16H2,1-5H3,(H,35,37)/t26-,27-/m1/s1. The Morgan fingerprint density at radius 1 is 0.915 bits per heavy atom. The highest BCUT2D eigenvalue weighted by Gasteiger charge is 2.31. The molecule has 12 nitrogen and oxygen atoms in total. The summed E-state index contributed by atoms with van der Waals surface area (Å²) in [7, 11) is 2.43. The van der Waals surface area contributed by atoms with E-state index in [1.807, 2.05) is 19.1 Å². The number of amides is 2. The van der Waals surface area contributed by atoms with Crippen LogP contribution in [-0.4, -0.2) is 72.1 Å². The van der Waals surface area contributed by atoms with Crippen LogP contribution in [0.5, 0.6) is 28.7 Å². The molecule has 3 aromatic rings. The number of carbonyl (C=O) groups is 1. The van der Waals surface area contributed by atoms with Gasteiger partial charge >= 0.3 is 6.03 Å². The molecule has 1 aliphatic heterocycles. The number of hydrogen-bond donors (Lipinski definition) is 2. The van der Waals surface area contributed by atoms with Crippen molar-refractivity contribution >= 4 is 37.5 Å². The van der Waals surface area contributed by atoms with Gasteiger partial charge in [-0.05, 0) is 78.9 Å². The van der Waals surface area contributed by atoms with Gasteiger partial charge in [-0.2, -0.15) is 0 Å². The average molecular weight is 738 g/mol. The molecular formula is C33H41BrN2O10S. The maximum absolute atomic E-state index is 13.0. The third kappa shape index (κ3) is 8.80. The fourth-order valence-electron chi connectivity index (χ4n) is 5.22. The van der Waals surface area contributed by atoms with Crippen LogP contribution in [0.2, 0.25) is 0 Å². The van der Waals surface area contributed by atoms with Crippen molar-refractivity contribution in [2.45, 2.75) is 49.7 Å². The molecule has 0 saturated carbocycles. The lowest BCUT2D eigenvalue weighted by Crippen LogP contribution is -2.33. The summed E-state index contributed by atoms with van der Waals surface area (Å²) < 4.78 is 61.3. The van der Waals surface area contributed by atoms with Gasteiger partial charge in [0.2, 0.25) is 5.75 Å². The number of carbonyl (C=O) groups excluding carboxylic acids is 1. The summed E-state index contributed by atoms with van der Waals surface area (Å²) >= 11 is 3.31. The van der Waals surface area contributed by atoms with Gasteiger partial charge in [0.05, 0.1) is 63.5 Å². The van der Waals surface area contributed by atoms with E-state index in [2.05, 4.69) is 21.2 Å². The summed E-state index contributed by atoms with van der Waals surface area (Å²) in [5.74, 6) is 1.57. The van der Waals surface area contributed by atoms with Crippen LogP contribution in [0, 0.1) is 0 Å². The monoisotopic (exact) mass is 736 g/mol. The number of benzene rings is 3. The van der Waals surface area contributed by atoms with Gasteiger partial charge < -0.3 is 33.7 Å². The van der Waals surface area contributed by atoms with E-state index < -0.39 is 15.9 Å². The van der Waals surface area contributed by atoms with Crippen LogP contribution >= 0.6 is 15.9 Å². The largest absolute Gasteiger partial charge is 0.493 e. The molecule has 0 aromatic heterocycles. The number of unbranched alkanes of at least 4 members (excludes halogenated alkanes) is 1. The molecular weight excluding hydrogens is 696 g/mol. The molecule has 256 valence electrons. The second-order valence-electron chi connectivity index (χ2n) is 10.8. The van der Waals surface area contributed by atoms with E-state index in [1.54, 1.807) is 45.6 Å². The summed E-state index contributed by atoms with van der Waals surface area (Å²) in [4.78, 5) is 13.1. The van der Waals surface area contributed by atoms with Crippen molar-refractivity contribution in [3.63, 3.8) is 0 Å². The van der Waals surface area contributed by atoms with Crippen LogP contribution in [0.4, 0.5) is 10.5 Å². The predicted molar refractivity (Wildman–Crippen MR) is 179 cm³/mol. The third-order valence-electron chi connectivity index (χ3n) is 7.72. The first-order chi connectivity index (χ1) is 22.5. The summed E-state index contributed by atoms with van der Waals surface area (Å²) in [6, 6.07) is 12.7. The highest BCUT2D eigenvalue weighted by atomic mass is 79.9. The van der Waals surface area contributed by atoms with Crippen molar-refractivity contribution < 1.29 is 46.8 Å². The zero-order valence-corrected chi connectivity index (χ0v) is 29.5. The molecule has 0 spiro atoms. The molecule has 2 N–H and O–H groups in total. The molecule has 3 aromatic carbocycles. The van der Waals surface area contributed by atoms with Crippen molar-refractivity contribution in [2.75, 3.05) is 52.7 Å². The smallest absolute Gasteiger partial charge is 0.345 e. The van der Waals surface area contributed by atoms with Crippen LogP contribution < -0.4 is 29.0 Å². The first kappa shape index (κ1) is 36.1. The van der Waals surface area contributed by atoms with E-state index >= 15 is 0 Å². The number of hydroxylamine groups is 2. The molecule has 0 aliphatic carbocycles. The lowest BCUT2D eigenvalue weighted by molar-refractivity contribution is -0.0379. The van der Waals surface area contributed by atoms with Gasteiger partial charge in [0, 0.05) is 4.47 Å². The van der Waals surface area contributed by atoms with E-state index in [-0.39, 0.29) is 53.2 Å². The molecule has 14 heteroatoms. The number of nitrogens with zero attached hydrogens (tertiary/aromatic N) is 1. The van der Waals surface area contributed by atoms with Crippen molar-refractivity contribution in [3.8, 4) is 28.7 Å². The minimum atomic E-state index is -3.66. The third-order valence-corrected chi connectivity index (χ3v) is 9.94. The molecule has 47 heavy (non-hydrogen) atoms. The van der Waals surface area contributed by atoms with Crippen molar-refractivity contribution in [3.05, 3.63) is 64.1 Å². The minimum absolute atomic E-state index is 0.124. The van der Waals surface area contributed by atoms with Crippen LogP contribution in [-0.2, 0) is 14.6 Å². The molecule has 1 aliphatic rings. The Morgan fingerprint density at radius 2 is 1.47 bits per heavy atom. The molecule has 4 rings (SSSR count). The predicted octanol–water partition coefficient (Wildman–Crippen LogP) is 6.95. The van der Waals surface area contributed by atoms with E-state index in [1.165, 1.54) is 19.2 Å². The van der Waals surface area contributed by atoms with E-state index in [4.69, 9.17) is 28.4 Å². The molecule has 1 saturated heterocycles. The molecule has 0 unspecified atom stereocenters. The van der Waals surface area contributed by atoms with Crippen LogP contribution in [0.15, 0.2) is 57.9 Å². The maximum Gasteiger partial charge on any atom is 0.345 e. The summed E-state index contributed by atoms with van der Waals surface area (Å²) in [6.45, 7) is 1.85. The van der Waals surface area contributed by atoms with Crippen molar-refractivity contribution in [1.82, 2.24) is 5.06 Å². The molecule has 0 radical (unpaired) electrons. The minimum Gasteiger partial charge on any atom is -0.493 e. The molecule has 2 atom stereocenters. The Hall–Kier alpha value is -3.72. The molecule has 1 fully saturated rings. The van der Waals surface area contributed by atoms with E-state index in [9.17, 15) is 18.4 Å². The molecule has 2 amide bonds. The van der Waals surface area contributed by atoms with Crippen LogP contribution in [0.1, 0.15) is 55.9 Å². The number of nitrogens with one attached hydrogen (secondary N) is 1. The van der Waals surface area contributed by atoms with Crippen molar-refractivity contribution in [2.24, 2.45) is 0 Å². The Balaban J connectivity index is 1.61. The Bertz CT molecular complexity index is 1610. The summed E-state index contributed by atoms with van der Waals surface area (Å²) in [6.07, 6.45) is 2.02. The Kier molecular flexibility index (Phi) is 12.6. The van der Waals surface area contributed by atoms with Crippen LogP contribution in [0.25, 0.3) is 0 Å². The fraction of sp³-hybridized carbons (Fsp3) is 0.424. The molecule has 0 bridgehead atoms. The SMILES string of the molecule is CCCCN(O)C(=O)Nc1cc([C@H]2CC[C@H](c3cc(OC)c(OC)c(OC)c3)O2)cc(OC)c1OCCS(=O)(=O)c1ccc(Br)cc1. The second-order valence-corrected chi connectivity index (χ2v) is 13.8. The van der Waals surface area contributed by atoms with Gasteiger partial charge in [0.1, 0.15) is 6.61 Å². The topological polar surface area (TPSA) is 142 Å². The first-order valence-electron chi connectivity index (χ1n) is 15.1. The van der Waals surface area contributed by atoms with E-state index in [0.717, 1.165) is 16.5 Å². The zero-order valence-electron chi connectivity index (χ0n) is 27.1. The van der Waals surface area contributed by atoms with Gasteiger partial charge in [-0.25, -0.2) is 18.3 Å². The normalized spacial score (nSPS) is 16.0. The first-order valence-corrected chi connectivity index (χ1v) is 17.5. The van der Waals surface area contributed by atoms with Gasteiger partial charge in [-0.15, -0.1) is 0 Å². The lowest BCUT2D eigenvalue weighted by Gasteiger charge is -2.22. The van der Waals surface area contributed by atoms with Gasteiger partial charge in [0.15, 0.2) is 32.8 Å². The molecule has 1 heterocycles. The lowest BCUT2D eigenvalue weighted by atomic mass is 10.0. The van der Waals surface area contributed by atoms with Gasteiger partial charge in [0.25, 0.3) is 0 Å². The van der Waals surface area contributed by atoms with Crippen molar-refractivity contribution in [1.29, 1.82) is 0 Å². The maximum atomic E-state index is 13.0. The number of ether oxygens (including phenoxy) is 6. The summed E-state index contributed by atoms with van der Waals surface area (Å²) in [5.41, 5.74) is 1.74. The van der Waals surface area contributed by atoms with Crippen LogP contribution in [0.3, 0.4) is 0 Å². The Morgan fingerprint density at radius 3 is 2.00 bits per heavy atom. The fourth-order valence-corrected chi connectivity index (χ4v) is 6.57. The number of halogens is 1. The zero-order chi connectivity index (χ0) is 34.1. The van der Waals surface area contributed by atoms with E-state index in [0.29, 0.717) is 47.1 Å². The highest BCUT2D eigenvalue weighted by molar-refractivity contribution is 9.10. The number of anilines is 1. The quantitative estimate of drug-likeness (QED) is 0.124. The summed E-state index contributed by atoms with van der Waals surface area (Å²) in [5, 5.41) is 13.6. The van der Waals surface area contributed by atoms with Gasteiger partial charge in [-0.3, -0.25) is 5.21 Å². The second kappa shape index (κ2) is 16.4. The number of methoxy groups -OCH3 is 4.